The van der Waals surface area contributed by atoms with Crippen LogP contribution >= 0.6 is 11.6 Å². The van der Waals surface area contributed by atoms with E-state index in [1.54, 1.807) is 21.9 Å². The van der Waals surface area contributed by atoms with Gasteiger partial charge in [0.05, 0.1) is 0 Å². The second-order valence-electron chi connectivity index (χ2n) is 7.02. The van der Waals surface area contributed by atoms with Crippen LogP contribution < -0.4 is 0 Å². The summed E-state index contributed by atoms with van der Waals surface area (Å²) in [5.41, 5.74) is 2.87. The summed E-state index contributed by atoms with van der Waals surface area (Å²) >= 11 is 5.96. The number of halogens is 1. The lowest BCUT2D eigenvalue weighted by Crippen LogP contribution is -2.56. The van der Waals surface area contributed by atoms with Gasteiger partial charge in [0.1, 0.15) is 12.6 Å². The lowest BCUT2D eigenvalue weighted by atomic mass is 9.97. The lowest BCUT2D eigenvalue weighted by Gasteiger charge is -2.42. The standard InChI is InChI=1S/C21H23ClN2O2/c1-14(2)23-13-19(25)24(12-16-7-9-18(22)10-8-16)20(21(23)26)17-6-4-5-15(3)11-17/h4-11,14,20H,12-13H2,1-3H3. The van der Waals surface area contributed by atoms with Crippen molar-refractivity contribution in [1.82, 2.24) is 9.80 Å². The average Bonchev–Trinajstić information content (AvgIpc) is 2.59. The van der Waals surface area contributed by atoms with E-state index in [1.807, 2.05) is 57.2 Å². The van der Waals surface area contributed by atoms with Crippen molar-refractivity contribution in [2.45, 2.75) is 39.4 Å². The average molecular weight is 371 g/mol. The Balaban J connectivity index is 1.99. The molecule has 136 valence electrons. The van der Waals surface area contributed by atoms with Crippen molar-refractivity contribution < 1.29 is 9.59 Å². The molecule has 1 atom stereocenters. The van der Waals surface area contributed by atoms with Gasteiger partial charge in [-0.15, -0.1) is 0 Å². The van der Waals surface area contributed by atoms with E-state index in [4.69, 9.17) is 11.6 Å². The lowest BCUT2D eigenvalue weighted by molar-refractivity contribution is -0.158. The van der Waals surface area contributed by atoms with Crippen LogP contribution in [0, 0.1) is 6.92 Å². The number of hydrogen-bond acceptors (Lipinski definition) is 2. The molecule has 0 spiro atoms. The second-order valence-corrected chi connectivity index (χ2v) is 7.46. The van der Waals surface area contributed by atoms with Crippen LogP contribution in [-0.4, -0.2) is 34.2 Å². The first-order valence-electron chi connectivity index (χ1n) is 8.78. The highest BCUT2D eigenvalue weighted by Gasteiger charge is 2.41. The van der Waals surface area contributed by atoms with Crippen LogP contribution in [-0.2, 0) is 16.1 Å². The normalized spacial score (nSPS) is 18.0. The monoisotopic (exact) mass is 370 g/mol. The van der Waals surface area contributed by atoms with E-state index in [9.17, 15) is 9.59 Å². The van der Waals surface area contributed by atoms with Crippen molar-refractivity contribution in [3.63, 3.8) is 0 Å². The summed E-state index contributed by atoms with van der Waals surface area (Å²) in [7, 11) is 0. The molecule has 5 heteroatoms. The number of aryl methyl sites for hydroxylation is 1. The fourth-order valence-electron chi connectivity index (χ4n) is 3.31. The van der Waals surface area contributed by atoms with Gasteiger partial charge in [-0.2, -0.15) is 0 Å². The third-order valence-electron chi connectivity index (χ3n) is 4.70. The topological polar surface area (TPSA) is 40.6 Å². The van der Waals surface area contributed by atoms with Crippen LogP contribution in [0.15, 0.2) is 48.5 Å². The zero-order valence-corrected chi connectivity index (χ0v) is 16.0. The molecule has 4 nitrogen and oxygen atoms in total. The Morgan fingerprint density at radius 1 is 1.12 bits per heavy atom. The van der Waals surface area contributed by atoms with Gasteiger partial charge in [-0.1, -0.05) is 53.6 Å². The number of nitrogens with zero attached hydrogens (tertiary/aromatic N) is 2. The first-order chi connectivity index (χ1) is 12.4. The van der Waals surface area contributed by atoms with E-state index in [1.165, 1.54) is 0 Å². The van der Waals surface area contributed by atoms with Crippen molar-refractivity contribution >= 4 is 23.4 Å². The number of benzene rings is 2. The zero-order chi connectivity index (χ0) is 18.8. The van der Waals surface area contributed by atoms with Crippen LogP contribution in [0.4, 0.5) is 0 Å². The molecule has 1 fully saturated rings. The van der Waals surface area contributed by atoms with Crippen LogP contribution in [0.2, 0.25) is 5.02 Å². The molecule has 1 unspecified atom stereocenters. The SMILES string of the molecule is Cc1cccc(C2C(=O)N(C(C)C)CC(=O)N2Cc2ccc(Cl)cc2)c1. The summed E-state index contributed by atoms with van der Waals surface area (Å²) in [6.45, 7) is 6.36. The summed E-state index contributed by atoms with van der Waals surface area (Å²) < 4.78 is 0. The van der Waals surface area contributed by atoms with Gasteiger partial charge in [0.25, 0.3) is 5.91 Å². The van der Waals surface area contributed by atoms with E-state index >= 15 is 0 Å². The summed E-state index contributed by atoms with van der Waals surface area (Å²) in [5.74, 6) is -0.0704. The minimum absolute atomic E-state index is 0.0172. The van der Waals surface area contributed by atoms with Crippen LogP contribution in [0.1, 0.15) is 36.6 Å². The van der Waals surface area contributed by atoms with E-state index in [2.05, 4.69) is 0 Å². The number of carbonyl (C=O) groups is 2. The maximum Gasteiger partial charge on any atom is 0.250 e. The Morgan fingerprint density at radius 2 is 1.81 bits per heavy atom. The molecule has 0 aliphatic carbocycles. The van der Waals surface area contributed by atoms with Gasteiger partial charge in [0, 0.05) is 17.6 Å². The van der Waals surface area contributed by atoms with Crippen LogP contribution in [0.25, 0.3) is 0 Å². The molecule has 2 aromatic rings. The fourth-order valence-corrected chi connectivity index (χ4v) is 3.44. The van der Waals surface area contributed by atoms with Crippen molar-refractivity contribution in [3.05, 3.63) is 70.2 Å². The molecule has 0 saturated carbocycles. The number of hydrogen-bond donors (Lipinski definition) is 0. The Labute approximate surface area is 159 Å². The third-order valence-corrected chi connectivity index (χ3v) is 4.95. The summed E-state index contributed by atoms with van der Waals surface area (Å²) in [6.07, 6.45) is 0. The maximum absolute atomic E-state index is 13.2. The first kappa shape index (κ1) is 18.5. The predicted molar refractivity (Wildman–Crippen MR) is 103 cm³/mol. The molecule has 0 radical (unpaired) electrons. The third kappa shape index (κ3) is 3.75. The summed E-state index contributed by atoms with van der Waals surface area (Å²) in [4.78, 5) is 29.4. The van der Waals surface area contributed by atoms with Gasteiger partial charge in [-0.25, -0.2) is 0 Å². The first-order valence-corrected chi connectivity index (χ1v) is 9.15. The highest BCUT2D eigenvalue weighted by molar-refractivity contribution is 6.30. The Hall–Kier alpha value is -2.33. The predicted octanol–water partition coefficient (Wildman–Crippen LogP) is 3.97. The van der Waals surface area contributed by atoms with E-state index in [-0.39, 0.29) is 24.4 Å². The van der Waals surface area contributed by atoms with Gasteiger partial charge in [0.15, 0.2) is 0 Å². The summed E-state index contributed by atoms with van der Waals surface area (Å²) in [6, 6.07) is 14.6. The number of amides is 2. The van der Waals surface area contributed by atoms with E-state index < -0.39 is 6.04 Å². The molecule has 0 aromatic heterocycles. The highest BCUT2D eigenvalue weighted by Crippen LogP contribution is 2.30. The summed E-state index contributed by atoms with van der Waals surface area (Å²) in [5, 5.41) is 0.649. The molecule has 1 aliphatic rings. The Kier molecular flexibility index (Phi) is 5.33. The quantitative estimate of drug-likeness (QED) is 0.817. The molecule has 1 saturated heterocycles. The number of rotatable bonds is 4. The minimum Gasteiger partial charge on any atom is -0.329 e. The van der Waals surface area contributed by atoms with Crippen molar-refractivity contribution in [2.24, 2.45) is 0 Å². The molecule has 26 heavy (non-hydrogen) atoms. The van der Waals surface area contributed by atoms with Crippen molar-refractivity contribution in [2.75, 3.05) is 6.54 Å². The highest BCUT2D eigenvalue weighted by atomic mass is 35.5. The molecular formula is C21H23ClN2O2. The Bertz CT molecular complexity index is 817. The molecule has 0 bridgehead atoms. The van der Waals surface area contributed by atoms with Gasteiger partial charge < -0.3 is 9.80 Å². The molecule has 3 rings (SSSR count). The number of piperazine rings is 1. The van der Waals surface area contributed by atoms with Crippen molar-refractivity contribution in [3.8, 4) is 0 Å². The molecule has 1 aliphatic heterocycles. The molecule has 2 aromatic carbocycles. The smallest absolute Gasteiger partial charge is 0.250 e. The minimum atomic E-state index is -0.603. The van der Waals surface area contributed by atoms with Gasteiger partial charge in [-0.05, 0) is 44.0 Å². The molecular weight excluding hydrogens is 348 g/mol. The zero-order valence-electron chi connectivity index (χ0n) is 15.3. The fraction of sp³-hybridized carbons (Fsp3) is 0.333. The largest absolute Gasteiger partial charge is 0.329 e. The Morgan fingerprint density at radius 3 is 2.42 bits per heavy atom. The van der Waals surface area contributed by atoms with Crippen LogP contribution in [0.3, 0.4) is 0 Å². The van der Waals surface area contributed by atoms with Crippen molar-refractivity contribution in [1.29, 1.82) is 0 Å². The number of carbonyl (C=O) groups excluding carboxylic acids is 2. The maximum atomic E-state index is 13.2. The van der Waals surface area contributed by atoms with Gasteiger partial charge in [0.2, 0.25) is 5.91 Å². The van der Waals surface area contributed by atoms with Gasteiger partial charge in [-0.3, -0.25) is 9.59 Å². The second kappa shape index (κ2) is 7.50. The van der Waals surface area contributed by atoms with E-state index in [0.29, 0.717) is 11.6 Å². The molecule has 1 heterocycles. The van der Waals surface area contributed by atoms with E-state index in [0.717, 1.165) is 16.7 Å². The molecule has 2 amide bonds. The van der Waals surface area contributed by atoms with Crippen LogP contribution in [0.5, 0.6) is 0 Å². The van der Waals surface area contributed by atoms with Gasteiger partial charge >= 0.3 is 0 Å². The molecule has 0 N–H and O–H groups in total.